The Bertz CT molecular complexity index is 1210. The van der Waals surface area contributed by atoms with E-state index in [1.807, 2.05) is 54.6 Å². The molecule has 0 aliphatic carbocycles. The van der Waals surface area contributed by atoms with Gasteiger partial charge in [0.2, 0.25) is 0 Å². The number of carboxylic acid groups (broad SMARTS) is 1. The predicted molar refractivity (Wildman–Crippen MR) is 114 cm³/mol. The molecule has 0 bridgehead atoms. The van der Waals surface area contributed by atoms with Crippen molar-refractivity contribution in [1.82, 2.24) is 9.78 Å². The average molecular weight is 402 g/mol. The fraction of sp³-hybridized carbons (Fsp3) is 0.0435. The van der Waals surface area contributed by atoms with Crippen molar-refractivity contribution in [2.45, 2.75) is 6.54 Å². The zero-order chi connectivity index (χ0) is 21.1. The van der Waals surface area contributed by atoms with E-state index in [0.29, 0.717) is 18.1 Å². The number of hydrogen-bond acceptors (Lipinski definition) is 4. The molecular weight excluding hydrogens is 383 g/mol. The highest BCUT2D eigenvalue weighted by atomic mass is 19.1. The zero-order valence-electron chi connectivity index (χ0n) is 15.9. The number of para-hydroxylation sites is 1. The molecule has 4 N–H and O–H groups in total. The van der Waals surface area contributed by atoms with Crippen molar-refractivity contribution in [2.75, 3.05) is 5.32 Å². The lowest BCUT2D eigenvalue weighted by Crippen LogP contribution is -2.10. The van der Waals surface area contributed by atoms with Gasteiger partial charge in [-0.1, -0.05) is 48.5 Å². The summed E-state index contributed by atoms with van der Waals surface area (Å²) in [7, 11) is 0. The highest BCUT2D eigenvalue weighted by Gasteiger charge is 2.17. The van der Waals surface area contributed by atoms with E-state index >= 15 is 0 Å². The number of aromatic carboxylic acids is 1. The topological polar surface area (TPSA) is 93.2 Å². The maximum atomic E-state index is 13.9. The van der Waals surface area contributed by atoms with Crippen molar-refractivity contribution in [2.24, 2.45) is 5.73 Å². The molecule has 1 heterocycles. The third-order valence-corrected chi connectivity index (χ3v) is 4.69. The van der Waals surface area contributed by atoms with Gasteiger partial charge in [-0.3, -0.25) is 0 Å². The third-order valence-electron chi connectivity index (χ3n) is 4.69. The number of carbonyl (C=O) groups is 1. The second kappa shape index (κ2) is 8.18. The summed E-state index contributed by atoms with van der Waals surface area (Å²) in [6, 6.07) is 22.4. The Morgan fingerprint density at radius 3 is 2.50 bits per heavy atom. The summed E-state index contributed by atoms with van der Waals surface area (Å²) in [6.45, 7) is 0.302. The van der Waals surface area contributed by atoms with Crippen LogP contribution in [0, 0.1) is 5.82 Å². The minimum atomic E-state index is -1.16. The van der Waals surface area contributed by atoms with Crippen molar-refractivity contribution in [3.63, 3.8) is 0 Å². The summed E-state index contributed by atoms with van der Waals surface area (Å²) in [5, 5.41) is 17.2. The molecule has 3 aromatic carbocycles. The van der Waals surface area contributed by atoms with Crippen LogP contribution in [0.5, 0.6) is 0 Å². The molecule has 0 unspecified atom stereocenters. The highest BCUT2D eigenvalue weighted by molar-refractivity contribution is 5.95. The highest BCUT2D eigenvalue weighted by Crippen LogP contribution is 2.30. The number of nitrogens with zero attached hydrogens (tertiary/aromatic N) is 2. The van der Waals surface area contributed by atoms with Gasteiger partial charge < -0.3 is 16.2 Å². The molecule has 0 fully saturated rings. The molecule has 150 valence electrons. The molecule has 0 aliphatic rings. The van der Waals surface area contributed by atoms with Crippen molar-refractivity contribution in [1.29, 1.82) is 0 Å². The Kier molecular flexibility index (Phi) is 5.28. The van der Waals surface area contributed by atoms with Gasteiger partial charge in [-0.15, -0.1) is 0 Å². The number of aromatic nitrogens is 2. The van der Waals surface area contributed by atoms with Gasteiger partial charge in [-0.2, -0.15) is 5.10 Å². The summed E-state index contributed by atoms with van der Waals surface area (Å²) in [4.78, 5) is 11.6. The Morgan fingerprint density at radius 1 is 1.03 bits per heavy atom. The SMILES string of the molecule is NCc1ccccc1-n1nc(-c2ccccc2)cc1Nc1cc(F)ccc1C(=O)O. The van der Waals surface area contributed by atoms with Crippen LogP contribution in [-0.4, -0.2) is 20.9 Å². The zero-order valence-corrected chi connectivity index (χ0v) is 15.9. The van der Waals surface area contributed by atoms with E-state index in [1.54, 1.807) is 10.7 Å². The van der Waals surface area contributed by atoms with Crippen LogP contribution in [-0.2, 0) is 6.54 Å². The van der Waals surface area contributed by atoms with E-state index in [4.69, 9.17) is 10.8 Å². The minimum absolute atomic E-state index is 0.0440. The van der Waals surface area contributed by atoms with E-state index < -0.39 is 11.8 Å². The average Bonchev–Trinajstić information content (AvgIpc) is 3.17. The Labute approximate surface area is 172 Å². The van der Waals surface area contributed by atoms with E-state index in [2.05, 4.69) is 5.32 Å². The molecule has 4 rings (SSSR count). The van der Waals surface area contributed by atoms with Crippen LogP contribution in [0.4, 0.5) is 15.9 Å². The molecule has 30 heavy (non-hydrogen) atoms. The largest absolute Gasteiger partial charge is 0.478 e. The normalized spacial score (nSPS) is 10.7. The second-order valence-electron chi connectivity index (χ2n) is 6.65. The molecule has 6 nitrogen and oxygen atoms in total. The van der Waals surface area contributed by atoms with Gasteiger partial charge in [-0.05, 0) is 29.8 Å². The van der Waals surface area contributed by atoms with E-state index in [0.717, 1.165) is 28.9 Å². The number of hydrogen-bond donors (Lipinski definition) is 3. The standard InChI is InChI=1S/C23H19FN4O2/c24-17-10-11-18(23(29)30)20(12-17)26-22-13-19(15-6-2-1-3-7-15)27-28(22)21-9-5-4-8-16(21)14-25/h1-13,26H,14,25H2,(H,29,30). The van der Waals surface area contributed by atoms with Gasteiger partial charge >= 0.3 is 5.97 Å². The van der Waals surface area contributed by atoms with Crippen molar-refractivity contribution < 1.29 is 14.3 Å². The molecule has 0 radical (unpaired) electrons. The molecule has 4 aromatic rings. The molecule has 1 aromatic heterocycles. The first-order valence-corrected chi connectivity index (χ1v) is 9.30. The first-order chi connectivity index (χ1) is 14.6. The summed E-state index contributed by atoms with van der Waals surface area (Å²) in [6.07, 6.45) is 0. The number of benzene rings is 3. The number of halogens is 1. The summed E-state index contributed by atoms with van der Waals surface area (Å²) >= 11 is 0. The molecule has 0 spiro atoms. The fourth-order valence-electron chi connectivity index (χ4n) is 3.24. The van der Waals surface area contributed by atoms with Gasteiger partial charge in [0.05, 0.1) is 22.6 Å². The summed E-state index contributed by atoms with van der Waals surface area (Å²) in [5.74, 6) is -1.21. The maximum absolute atomic E-state index is 13.9. The van der Waals surface area contributed by atoms with Gasteiger partial charge in [0.25, 0.3) is 0 Å². The minimum Gasteiger partial charge on any atom is -0.478 e. The molecule has 7 heteroatoms. The van der Waals surface area contributed by atoms with Gasteiger partial charge in [0.15, 0.2) is 0 Å². The smallest absolute Gasteiger partial charge is 0.337 e. The van der Waals surface area contributed by atoms with Crippen LogP contribution in [0.1, 0.15) is 15.9 Å². The summed E-state index contributed by atoms with van der Waals surface area (Å²) < 4.78 is 15.5. The van der Waals surface area contributed by atoms with Crippen molar-refractivity contribution in [3.05, 3.63) is 95.8 Å². The summed E-state index contributed by atoms with van der Waals surface area (Å²) in [5.41, 5.74) is 9.17. The monoisotopic (exact) mass is 402 g/mol. The van der Waals surface area contributed by atoms with E-state index in [9.17, 15) is 14.3 Å². The first-order valence-electron chi connectivity index (χ1n) is 9.30. The lowest BCUT2D eigenvalue weighted by Gasteiger charge is -2.14. The molecular formula is C23H19FN4O2. The number of carboxylic acids is 1. The lowest BCUT2D eigenvalue weighted by atomic mass is 10.1. The Balaban J connectivity index is 1.88. The Hall–Kier alpha value is -3.97. The van der Waals surface area contributed by atoms with Gasteiger partial charge in [0.1, 0.15) is 11.6 Å². The third kappa shape index (κ3) is 3.78. The van der Waals surface area contributed by atoms with Crippen LogP contribution in [0.25, 0.3) is 16.9 Å². The van der Waals surface area contributed by atoms with Crippen LogP contribution in [0.2, 0.25) is 0 Å². The predicted octanol–water partition coefficient (Wildman–Crippen LogP) is 4.58. The first kappa shape index (κ1) is 19.4. The fourth-order valence-corrected chi connectivity index (χ4v) is 3.24. The number of rotatable bonds is 6. The number of nitrogens with two attached hydrogens (primary N) is 1. The van der Waals surface area contributed by atoms with Crippen LogP contribution in [0.3, 0.4) is 0 Å². The number of nitrogens with one attached hydrogen (secondary N) is 1. The van der Waals surface area contributed by atoms with Crippen LogP contribution < -0.4 is 11.1 Å². The maximum Gasteiger partial charge on any atom is 0.337 e. The lowest BCUT2D eigenvalue weighted by molar-refractivity contribution is 0.0698. The van der Waals surface area contributed by atoms with Crippen molar-refractivity contribution >= 4 is 17.5 Å². The van der Waals surface area contributed by atoms with Crippen LogP contribution in [0.15, 0.2) is 78.9 Å². The molecule has 0 saturated heterocycles. The van der Waals surface area contributed by atoms with E-state index in [1.165, 1.54) is 6.07 Å². The number of anilines is 2. The molecule has 0 amide bonds. The second-order valence-corrected chi connectivity index (χ2v) is 6.65. The van der Waals surface area contributed by atoms with Crippen LogP contribution >= 0.6 is 0 Å². The molecule has 0 aliphatic heterocycles. The van der Waals surface area contributed by atoms with E-state index in [-0.39, 0.29) is 11.3 Å². The molecule has 0 atom stereocenters. The van der Waals surface area contributed by atoms with Gasteiger partial charge in [0, 0.05) is 18.2 Å². The van der Waals surface area contributed by atoms with Gasteiger partial charge in [-0.25, -0.2) is 13.9 Å². The molecule has 0 saturated carbocycles. The van der Waals surface area contributed by atoms with Crippen molar-refractivity contribution in [3.8, 4) is 16.9 Å². The quantitative estimate of drug-likeness (QED) is 0.439. The Morgan fingerprint density at radius 2 is 1.77 bits per heavy atom.